The van der Waals surface area contributed by atoms with E-state index >= 15 is 0 Å². The van der Waals surface area contributed by atoms with Gasteiger partial charge in [0.2, 0.25) is 0 Å². The molecule has 1 atom stereocenters. The highest BCUT2D eigenvalue weighted by atomic mass is 16.5. The van der Waals surface area contributed by atoms with Crippen LogP contribution in [0.2, 0.25) is 0 Å². The number of rotatable bonds is 12. The number of hydrogen-bond acceptors (Lipinski definition) is 5. The summed E-state index contributed by atoms with van der Waals surface area (Å²) in [7, 11) is 0. The Kier molecular flexibility index (Phi) is 12.4. The van der Waals surface area contributed by atoms with Crippen LogP contribution in [-0.4, -0.2) is 23.0 Å². The highest BCUT2D eigenvalue weighted by molar-refractivity contribution is 5.91. The van der Waals surface area contributed by atoms with E-state index in [4.69, 9.17) is 9.47 Å². The highest BCUT2D eigenvalue weighted by Gasteiger charge is 2.22. The van der Waals surface area contributed by atoms with Crippen molar-refractivity contribution in [2.45, 2.75) is 103 Å². The maximum Gasteiger partial charge on any atom is 0.343 e. The first-order valence-electron chi connectivity index (χ1n) is 16.1. The van der Waals surface area contributed by atoms with Crippen molar-refractivity contribution in [3.05, 3.63) is 94.8 Å². The molecule has 0 amide bonds. The van der Waals surface area contributed by atoms with Gasteiger partial charge in [0.1, 0.15) is 11.4 Å². The van der Waals surface area contributed by atoms with Crippen molar-refractivity contribution in [3.63, 3.8) is 0 Å². The van der Waals surface area contributed by atoms with E-state index in [-0.39, 0.29) is 18.0 Å². The maximum atomic E-state index is 12.7. The SMILES string of the molecule is CCCCCC[C@H](C)OC(=O)c1ccc(C#Cc2ccc(OC(=O)c3ccc(C4CCC(CCC)CC4)cc3)cc2)nc1. The second kappa shape index (κ2) is 16.7. The predicted molar refractivity (Wildman–Crippen MR) is 171 cm³/mol. The Morgan fingerprint density at radius 1 is 0.814 bits per heavy atom. The van der Waals surface area contributed by atoms with Crippen LogP contribution >= 0.6 is 0 Å². The molecular formula is C38H45NO4. The lowest BCUT2D eigenvalue weighted by Crippen LogP contribution is -2.15. The molecule has 226 valence electrons. The van der Waals surface area contributed by atoms with E-state index in [2.05, 4.69) is 42.8 Å². The van der Waals surface area contributed by atoms with Crippen molar-refractivity contribution in [3.8, 4) is 17.6 Å². The third kappa shape index (κ3) is 10.1. The zero-order chi connectivity index (χ0) is 30.4. The molecule has 1 heterocycles. The molecule has 0 N–H and O–H groups in total. The van der Waals surface area contributed by atoms with Crippen molar-refractivity contribution >= 4 is 11.9 Å². The first-order valence-corrected chi connectivity index (χ1v) is 16.1. The number of aromatic nitrogens is 1. The molecule has 2 aromatic carbocycles. The maximum absolute atomic E-state index is 12.7. The number of benzene rings is 2. The Balaban J connectivity index is 1.24. The summed E-state index contributed by atoms with van der Waals surface area (Å²) in [6.07, 6.45) is 14.6. The normalized spacial score (nSPS) is 16.9. The minimum atomic E-state index is -0.370. The first-order chi connectivity index (χ1) is 20.9. The topological polar surface area (TPSA) is 65.5 Å². The fraction of sp³-hybridized carbons (Fsp3) is 0.447. The van der Waals surface area contributed by atoms with Gasteiger partial charge in [-0.3, -0.25) is 0 Å². The van der Waals surface area contributed by atoms with E-state index in [1.165, 1.54) is 63.1 Å². The number of ether oxygens (including phenoxy) is 2. The number of carbonyl (C=O) groups is 2. The van der Waals surface area contributed by atoms with Crippen molar-refractivity contribution < 1.29 is 19.1 Å². The van der Waals surface area contributed by atoms with Gasteiger partial charge in [-0.15, -0.1) is 0 Å². The molecule has 5 nitrogen and oxygen atoms in total. The molecule has 0 saturated heterocycles. The molecule has 0 unspecified atom stereocenters. The number of nitrogens with zero attached hydrogens (tertiary/aromatic N) is 1. The summed E-state index contributed by atoms with van der Waals surface area (Å²) >= 11 is 0. The molecule has 1 saturated carbocycles. The van der Waals surface area contributed by atoms with Gasteiger partial charge in [0.05, 0.1) is 17.2 Å². The van der Waals surface area contributed by atoms with Crippen molar-refractivity contribution in [1.82, 2.24) is 4.98 Å². The Labute approximate surface area is 257 Å². The summed E-state index contributed by atoms with van der Waals surface area (Å²) in [5, 5.41) is 0. The standard InChI is InChI=1S/C38H45NO4/c1-4-6-7-8-10-28(3)42-38(41)34-22-24-35(39-27-34)23-13-30-14-25-36(26-15-30)43-37(40)33-20-18-32(19-21-33)31-16-11-29(9-5-2)12-17-31/h14-15,18-22,24-29,31H,4-12,16-17H2,1-3H3/t28-,29?,31?/m0/s1. The second-order valence-electron chi connectivity index (χ2n) is 11.8. The Bertz CT molecular complexity index is 1360. The number of unbranched alkanes of at least 4 members (excludes halogenated alkanes) is 3. The van der Waals surface area contributed by atoms with Gasteiger partial charge in [-0.2, -0.15) is 0 Å². The minimum absolute atomic E-state index is 0.114. The molecule has 43 heavy (non-hydrogen) atoms. The zero-order valence-electron chi connectivity index (χ0n) is 25.9. The van der Waals surface area contributed by atoms with Crippen LogP contribution in [0.5, 0.6) is 5.75 Å². The lowest BCUT2D eigenvalue weighted by Gasteiger charge is -2.28. The minimum Gasteiger partial charge on any atom is -0.459 e. The fourth-order valence-corrected chi connectivity index (χ4v) is 5.75. The molecule has 0 radical (unpaired) electrons. The van der Waals surface area contributed by atoms with Crippen molar-refractivity contribution in [2.75, 3.05) is 0 Å². The van der Waals surface area contributed by atoms with E-state index in [0.717, 1.165) is 30.7 Å². The van der Waals surface area contributed by atoms with Gasteiger partial charge in [0.15, 0.2) is 0 Å². The molecule has 1 aliphatic carbocycles. The van der Waals surface area contributed by atoms with Crippen LogP contribution in [0.4, 0.5) is 0 Å². The molecule has 1 fully saturated rings. The summed E-state index contributed by atoms with van der Waals surface area (Å²) in [6.45, 7) is 6.38. The molecule has 5 heteroatoms. The van der Waals surface area contributed by atoms with Gasteiger partial charge in [-0.1, -0.05) is 64.0 Å². The average Bonchev–Trinajstić information content (AvgIpc) is 3.03. The second-order valence-corrected chi connectivity index (χ2v) is 11.8. The van der Waals surface area contributed by atoms with E-state index < -0.39 is 0 Å². The van der Waals surface area contributed by atoms with Crippen LogP contribution in [0.25, 0.3) is 0 Å². The van der Waals surface area contributed by atoms with E-state index in [9.17, 15) is 9.59 Å². The zero-order valence-corrected chi connectivity index (χ0v) is 25.9. The van der Waals surface area contributed by atoms with Crippen LogP contribution in [-0.2, 0) is 4.74 Å². The van der Waals surface area contributed by atoms with E-state index in [1.807, 2.05) is 19.1 Å². The molecular weight excluding hydrogens is 534 g/mol. The third-order valence-corrected chi connectivity index (χ3v) is 8.33. The summed E-state index contributed by atoms with van der Waals surface area (Å²) in [5.41, 5.74) is 3.60. The lowest BCUT2D eigenvalue weighted by atomic mass is 9.77. The van der Waals surface area contributed by atoms with Gasteiger partial charge in [0.25, 0.3) is 0 Å². The molecule has 1 aromatic heterocycles. The third-order valence-electron chi connectivity index (χ3n) is 8.33. The van der Waals surface area contributed by atoms with Crippen LogP contribution in [0.15, 0.2) is 66.9 Å². The van der Waals surface area contributed by atoms with Gasteiger partial charge >= 0.3 is 11.9 Å². The predicted octanol–water partition coefficient (Wildman–Crippen LogP) is 9.29. The first kappa shape index (κ1) is 32.0. The summed E-state index contributed by atoms with van der Waals surface area (Å²) in [4.78, 5) is 29.4. The molecule has 1 aliphatic rings. The monoisotopic (exact) mass is 579 g/mol. The summed E-state index contributed by atoms with van der Waals surface area (Å²) < 4.78 is 11.1. The Morgan fingerprint density at radius 2 is 1.53 bits per heavy atom. The summed E-state index contributed by atoms with van der Waals surface area (Å²) in [6, 6.07) is 18.4. The number of pyridine rings is 1. The van der Waals surface area contributed by atoms with Gasteiger partial charge < -0.3 is 9.47 Å². The van der Waals surface area contributed by atoms with Gasteiger partial charge in [0, 0.05) is 11.8 Å². The van der Waals surface area contributed by atoms with Crippen molar-refractivity contribution in [2.24, 2.45) is 5.92 Å². The lowest BCUT2D eigenvalue weighted by molar-refractivity contribution is 0.0318. The molecule has 4 rings (SSSR count). The molecule has 3 aromatic rings. The van der Waals surface area contributed by atoms with Crippen LogP contribution in [0, 0.1) is 17.8 Å². The number of carbonyl (C=O) groups excluding carboxylic acids is 2. The fourth-order valence-electron chi connectivity index (χ4n) is 5.75. The molecule has 0 spiro atoms. The summed E-state index contributed by atoms with van der Waals surface area (Å²) in [5.74, 6) is 7.29. The Morgan fingerprint density at radius 3 is 2.19 bits per heavy atom. The Hall–Kier alpha value is -3.91. The van der Waals surface area contributed by atoms with Crippen LogP contribution in [0.3, 0.4) is 0 Å². The molecule has 0 aliphatic heterocycles. The van der Waals surface area contributed by atoms with Gasteiger partial charge in [-0.05, 0) is 117 Å². The number of esters is 2. The van der Waals surface area contributed by atoms with Crippen LogP contribution in [0.1, 0.15) is 135 Å². The smallest absolute Gasteiger partial charge is 0.343 e. The quantitative estimate of drug-likeness (QED) is 0.0926. The molecule has 0 bridgehead atoms. The average molecular weight is 580 g/mol. The van der Waals surface area contributed by atoms with E-state index in [1.54, 1.807) is 36.4 Å². The van der Waals surface area contributed by atoms with E-state index in [0.29, 0.717) is 28.5 Å². The largest absolute Gasteiger partial charge is 0.459 e. The highest BCUT2D eigenvalue weighted by Crippen LogP contribution is 2.37. The van der Waals surface area contributed by atoms with Crippen LogP contribution < -0.4 is 4.74 Å². The van der Waals surface area contributed by atoms with Gasteiger partial charge in [-0.25, -0.2) is 14.6 Å². The van der Waals surface area contributed by atoms with Crippen molar-refractivity contribution in [1.29, 1.82) is 0 Å². The number of hydrogen-bond donors (Lipinski definition) is 0.